The molecule has 8 heteroatoms. The molecule has 0 bridgehead atoms. The Morgan fingerprint density at radius 2 is 1.92 bits per heavy atom. The van der Waals surface area contributed by atoms with Gasteiger partial charge in [0.1, 0.15) is 0 Å². The van der Waals surface area contributed by atoms with E-state index in [1.165, 1.54) is 31.1 Å². The molecule has 0 spiro atoms. The molecule has 0 fully saturated rings. The first-order valence-corrected chi connectivity index (χ1v) is 7.60. The third kappa shape index (κ3) is 3.06. The predicted molar refractivity (Wildman–Crippen MR) is 88.4 cm³/mol. The number of esters is 1. The Labute approximate surface area is 144 Å². The van der Waals surface area contributed by atoms with Gasteiger partial charge in [-0.05, 0) is 14.1 Å². The van der Waals surface area contributed by atoms with Gasteiger partial charge in [0, 0.05) is 16.6 Å². The molecule has 0 heterocycles. The second kappa shape index (κ2) is 6.73. The number of carbonyl (C=O) groups excluding carboxylic acids is 2. The van der Waals surface area contributed by atoms with Crippen LogP contribution in [0.2, 0.25) is 0 Å². The molecule has 0 saturated carbocycles. The Hall–Kier alpha value is -2.58. The lowest BCUT2D eigenvalue weighted by Crippen LogP contribution is -2.62. The zero-order valence-electron chi connectivity index (χ0n) is 14.2. The summed E-state index contributed by atoms with van der Waals surface area (Å²) in [6, 6.07) is 8.13. The van der Waals surface area contributed by atoms with E-state index in [9.17, 15) is 24.8 Å². The summed E-state index contributed by atoms with van der Waals surface area (Å²) < 4.78 is 4.65. The molecule has 1 aliphatic rings. The van der Waals surface area contributed by atoms with Crippen molar-refractivity contribution in [2.75, 3.05) is 21.2 Å². The van der Waals surface area contributed by atoms with Crippen molar-refractivity contribution < 1.29 is 24.4 Å². The average molecular weight is 348 g/mol. The molecule has 0 aromatic heterocycles. The van der Waals surface area contributed by atoms with Gasteiger partial charge in [0.05, 0.1) is 19.4 Å². The summed E-state index contributed by atoms with van der Waals surface area (Å²) >= 11 is 0. The van der Waals surface area contributed by atoms with Gasteiger partial charge in [-0.15, -0.1) is 0 Å². The molecule has 0 radical (unpaired) electrons. The molecule has 1 aromatic rings. The lowest BCUT2D eigenvalue weighted by atomic mass is 9.71. The predicted octanol–water partition coefficient (Wildman–Crippen LogP) is 0.884. The van der Waals surface area contributed by atoms with E-state index in [4.69, 9.17) is 0 Å². The van der Waals surface area contributed by atoms with Crippen molar-refractivity contribution >= 4 is 11.8 Å². The molecule has 0 saturated heterocycles. The van der Waals surface area contributed by atoms with Crippen molar-refractivity contribution in [3.8, 4) is 0 Å². The zero-order valence-corrected chi connectivity index (χ0v) is 14.2. The molecule has 1 aromatic carbocycles. The van der Waals surface area contributed by atoms with Crippen LogP contribution in [0.5, 0.6) is 0 Å². The Morgan fingerprint density at radius 1 is 1.32 bits per heavy atom. The van der Waals surface area contributed by atoms with Crippen LogP contribution in [0.3, 0.4) is 0 Å². The van der Waals surface area contributed by atoms with E-state index in [0.29, 0.717) is 0 Å². The molecular formula is C17H20N2O6. The highest BCUT2D eigenvalue weighted by atomic mass is 16.6. The van der Waals surface area contributed by atoms with Crippen LogP contribution in [0.25, 0.3) is 0 Å². The topological polar surface area (TPSA) is 110 Å². The highest BCUT2D eigenvalue weighted by molar-refractivity contribution is 6.03. The summed E-state index contributed by atoms with van der Waals surface area (Å²) in [6.07, 6.45) is 1.86. The van der Waals surface area contributed by atoms with E-state index in [2.05, 4.69) is 4.74 Å². The van der Waals surface area contributed by atoms with Gasteiger partial charge in [-0.25, -0.2) is 9.69 Å². The SMILES string of the molecule is COC(=O)C1(O)CC(N(C)C)([N+](=O)[O-])C=CC1C(=O)c1ccccc1. The standard InChI is InChI=1S/C17H20N2O6/c1-18(2)16(19(23)24)10-9-13(17(22,11-16)15(21)25-3)14(20)12-7-5-4-6-8-12/h4-10,13,22H,11H2,1-3H3. The molecule has 0 amide bonds. The normalized spacial score (nSPS) is 28.6. The monoisotopic (exact) mass is 348 g/mol. The van der Waals surface area contributed by atoms with Crippen molar-refractivity contribution in [3.63, 3.8) is 0 Å². The third-order valence-corrected chi connectivity index (χ3v) is 4.57. The number of Topliss-reactive ketones (excluding diaryl/α,β-unsaturated/α-hetero) is 1. The lowest BCUT2D eigenvalue weighted by molar-refractivity contribution is -0.588. The molecule has 3 atom stereocenters. The van der Waals surface area contributed by atoms with E-state index in [-0.39, 0.29) is 5.56 Å². The van der Waals surface area contributed by atoms with Gasteiger partial charge in [-0.2, -0.15) is 0 Å². The first kappa shape index (κ1) is 18.8. The van der Waals surface area contributed by atoms with Gasteiger partial charge >= 0.3 is 5.97 Å². The number of benzene rings is 1. The molecule has 25 heavy (non-hydrogen) atoms. The minimum absolute atomic E-state index is 0.290. The van der Waals surface area contributed by atoms with Gasteiger partial charge in [-0.1, -0.05) is 36.4 Å². The Bertz CT molecular complexity index is 717. The van der Waals surface area contributed by atoms with Gasteiger partial charge in [0.25, 0.3) is 5.66 Å². The summed E-state index contributed by atoms with van der Waals surface area (Å²) in [4.78, 5) is 37.4. The fourth-order valence-corrected chi connectivity index (χ4v) is 3.03. The minimum atomic E-state index is -2.35. The number of ketones is 1. The van der Waals surface area contributed by atoms with Crippen LogP contribution in [0, 0.1) is 16.0 Å². The van der Waals surface area contributed by atoms with E-state index in [1.54, 1.807) is 30.3 Å². The fraction of sp³-hybridized carbons (Fsp3) is 0.412. The van der Waals surface area contributed by atoms with Crippen molar-refractivity contribution in [3.05, 3.63) is 58.2 Å². The Kier molecular flexibility index (Phi) is 5.05. The summed E-state index contributed by atoms with van der Waals surface area (Å²) in [5.41, 5.74) is -3.89. The van der Waals surface area contributed by atoms with Gasteiger partial charge < -0.3 is 9.84 Å². The van der Waals surface area contributed by atoms with Gasteiger partial charge in [0.2, 0.25) is 0 Å². The molecule has 134 valence electrons. The van der Waals surface area contributed by atoms with Gasteiger partial charge in [-0.3, -0.25) is 14.9 Å². The third-order valence-electron chi connectivity index (χ3n) is 4.57. The first-order chi connectivity index (χ1) is 11.7. The van der Waals surface area contributed by atoms with Crippen LogP contribution < -0.4 is 0 Å². The number of rotatable bonds is 5. The molecule has 2 rings (SSSR count). The van der Waals surface area contributed by atoms with Crippen LogP contribution >= 0.6 is 0 Å². The first-order valence-electron chi connectivity index (χ1n) is 7.60. The highest BCUT2D eigenvalue weighted by Crippen LogP contribution is 2.40. The number of methoxy groups -OCH3 is 1. The number of likely N-dealkylation sites (N-methyl/N-ethyl adjacent to an activating group) is 1. The second-order valence-electron chi connectivity index (χ2n) is 6.19. The molecule has 1 N–H and O–H groups in total. The summed E-state index contributed by atoms with van der Waals surface area (Å²) in [5.74, 6) is -2.88. The summed E-state index contributed by atoms with van der Waals surface area (Å²) in [5, 5.41) is 22.6. The van der Waals surface area contributed by atoms with E-state index >= 15 is 0 Å². The zero-order chi connectivity index (χ0) is 18.8. The number of nitro groups is 1. The molecular weight excluding hydrogens is 328 g/mol. The van der Waals surface area contributed by atoms with Crippen molar-refractivity contribution in [2.24, 2.45) is 5.92 Å². The summed E-state index contributed by atoms with van der Waals surface area (Å²) in [7, 11) is 3.99. The smallest absolute Gasteiger partial charge is 0.339 e. The number of carbonyl (C=O) groups is 2. The van der Waals surface area contributed by atoms with Crippen molar-refractivity contribution in [2.45, 2.75) is 17.7 Å². The fourth-order valence-electron chi connectivity index (χ4n) is 3.03. The Balaban J connectivity index is 2.57. The van der Waals surface area contributed by atoms with Crippen molar-refractivity contribution in [1.82, 2.24) is 4.90 Å². The number of hydrogen-bond donors (Lipinski definition) is 1. The number of aliphatic hydroxyl groups is 1. The average Bonchev–Trinajstić information content (AvgIpc) is 2.60. The minimum Gasteiger partial charge on any atom is -0.467 e. The van der Waals surface area contributed by atoms with E-state index in [0.717, 1.165) is 7.11 Å². The largest absolute Gasteiger partial charge is 0.467 e. The quantitative estimate of drug-likeness (QED) is 0.210. The van der Waals surface area contributed by atoms with E-state index in [1.807, 2.05) is 0 Å². The number of ether oxygens (including phenoxy) is 1. The second-order valence-corrected chi connectivity index (χ2v) is 6.19. The molecule has 1 aliphatic carbocycles. The maximum atomic E-state index is 12.8. The Morgan fingerprint density at radius 3 is 2.40 bits per heavy atom. The van der Waals surface area contributed by atoms with Crippen LogP contribution in [0.4, 0.5) is 0 Å². The maximum absolute atomic E-state index is 12.8. The maximum Gasteiger partial charge on any atom is 0.339 e. The number of hydrogen-bond acceptors (Lipinski definition) is 7. The van der Waals surface area contributed by atoms with Crippen LogP contribution in [-0.4, -0.2) is 59.2 Å². The molecule has 8 nitrogen and oxygen atoms in total. The van der Waals surface area contributed by atoms with Crippen LogP contribution in [0.1, 0.15) is 16.8 Å². The number of nitrogens with zero attached hydrogens (tertiary/aromatic N) is 2. The molecule has 0 aliphatic heterocycles. The highest BCUT2D eigenvalue weighted by Gasteiger charge is 2.61. The van der Waals surface area contributed by atoms with E-state index < -0.39 is 40.3 Å². The van der Waals surface area contributed by atoms with Crippen LogP contribution in [0.15, 0.2) is 42.5 Å². The summed E-state index contributed by atoms with van der Waals surface area (Å²) in [6.45, 7) is 0. The van der Waals surface area contributed by atoms with Gasteiger partial charge in [0.15, 0.2) is 11.4 Å². The molecule has 3 unspecified atom stereocenters. The lowest BCUT2D eigenvalue weighted by Gasteiger charge is -2.41. The van der Waals surface area contributed by atoms with Crippen LogP contribution in [-0.2, 0) is 9.53 Å². The van der Waals surface area contributed by atoms with Crippen molar-refractivity contribution in [1.29, 1.82) is 0 Å².